The standard InChI is InChI=1S/C26H26ClN3O4/c1-3-33-24-14-20(8-13-23(24)34-17-19-6-11-22(27)12-7-19)15-29-30-25(31)16-28-26(32)21-9-4-18(2)5-10-21/h4-15H,3,16-17H2,1-2H3,(H,28,32)(H,30,31)/b29-15+. The van der Waals surface area contributed by atoms with Crippen LogP contribution in [0.5, 0.6) is 11.5 Å². The number of hydrogen-bond acceptors (Lipinski definition) is 5. The zero-order valence-corrected chi connectivity index (χ0v) is 19.8. The van der Waals surface area contributed by atoms with Gasteiger partial charge in [-0.25, -0.2) is 5.43 Å². The fourth-order valence-electron chi connectivity index (χ4n) is 2.92. The quantitative estimate of drug-likeness (QED) is 0.331. The Morgan fingerprint density at radius 1 is 0.971 bits per heavy atom. The SMILES string of the molecule is CCOc1cc(/C=N/NC(=O)CNC(=O)c2ccc(C)cc2)ccc1OCc1ccc(Cl)cc1. The largest absolute Gasteiger partial charge is 0.490 e. The van der Waals surface area contributed by atoms with Crippen LogP contribution in [0.3, 0.4) is 0 Å². The van der Waals surface area contributed by atoms with Crippen LogP contribution in [0.4, 0.5) is 0 Å². The Morgan fingerprint density at radius 2 is 1.71 bits per heavy atom. The van der Waals surface area contributed by atoms with Gasteiger partial charge in [0.1, 0.15) is 6.61 Å². The van der Waals surface area contributed by atoms with Gasteiger partial charge in [0.25, 0.3) is 11.8 Å². The monoisotopic (exact) mass is 479 g/mol. The first-order valence-electron chi connectivity index (χ1n) is 10.8. The van der Waals surface area contributed by atoms with Gasteiger partial charge in [-0.15, -0.1) is 0 Å². The average Bonchev–Trinajstić information content (AvgIpc) is 2.84. The maximum atomic E-state index is 12.1. The predicted molar refractivity (Wildman–Crippen MR) is 133 cm³/mol. The number of halogens is 1. The minimum absolute atomic E-state index is 0.189. The van der Waals surface area contributed by atoms with E-state index < -0.39 is 5.91 Å². The van der Waals surface area contributed by atoms with E-state index in [9.17, 15) is 9.59 Å². The number of amides is 2. The van der Waals surface area contributed by atoms with Crippen molar-refractivity contribution in [2.75, 3.05) is 13.2 Å². The van der Waals surface area contributed by atoms with Crippen molar-refractivity contribution in [3.05, 3.63) is 94.0 Å². The van der Waals surface area contributed by atoms with E-state index in [-0.39, 0.29) is 12.5 Å². The number of benzene rings is 3. The Morgan fingerprint density at radius 3 is 2.41 bits per heavy atom. The molecule has 0 saturated heterocycles. The van der Waals surface area contributed by atoms with Crippen molar-refractivity contribution in [3.63, 3.8) is 0 Å². The normalized spacial score (nSPS) is 10.7. The summed E-state index contributed by atoms with van der Waals surface area (Å²) in [6.45, 7) is 4.47. The molecule has 0 aliphatic heterocycles. The molecular weight excluding hydrogens is 454 g/mol. The van der Waals surface area contributed by atoms with Crippen LogP contribution in [0.2, 0.25) is 5.02 Å². The Hall–Kier alpha value is -3.84. The summed E-state index contributed by atoms with van der Waals surface area (Å²) in [5.41, 5.74) is 5.64. The minimum atomic E-state index is -0.440. The predicted octanol–water partition coefficient (Wildman–Crippen LogP) is 4.51. The molecule has 0 saturated carbocycles. The number of rotatable bonds is 10. The van der Waals surface area contributed by atoms with Crippen LogP contribution in [0.1, 0.15) is 34.0 Å². The maximum Gasteiger partial charge on any atom is 0.259 e. The van der Waals surface area contributed by atoms with Crippen LogP contribution in [0.25, 0.3) is 0 Å². The topological polar surface area (TPSA) is 89.0 Å². The van der Waals surface area contributed by atoms with Crippen LogP contribution in [-0.2, 0) is 11.4 Å². The van der Waals surface area contributed by atoms with E-state index in [1.807, 2.05) is 50.2 Å². The summed E-state index contributed by atoms with van der Waals surface area (Å²) < 4.78 is 11.6. The van der Waals surface area contributed by atoms with Gasteiger partial charge in [0.2, 0.25) is 0 Å². The van der Waals surface area contributed by atoms with Crippen molar-refractivity contribution in [1.29, 1.82) is 0 Å². The first-order valence-corrected chi connectivity index (χ1v) is 11.1. The lowest BCUT2D eigenvalue weighted by Crippen LogP contribution is -2.34. The highest BCUT2D eigenvalue weighted by atomic mass is 35.5. The fraction of sp³-hybridized carbons (Fsp3) is 0.192. The second-order valence-corrected chi connectivity index (χ2v) is 7.83. The molecule has 34 heavy (non-hydrogen) atoms. The molecule has 3 aromatic carbocycles. The molecule has 2 amide bonds. The third-order valence-electron chi connectivity index (χ3n) is 4.70. The third kappa shape index (κ3) is 7.64. The van der Waals surface area contributed by atoms with Gasteiger partial charge < -0.3 is 14.8 Å². The zero-order valence-electron chi connectivity index (χ0n) is 19.0. The lowest BCUT2D eigenvalue weighted by molar-refractivity contribution is -0.120. The Labute approximate surface area is 203 Å². The highest BCUT2D eigenvalue weighted by Gasteiger charge is 2.08. The van der Waals surface area contributed by atoms with Gasteiger partial charge in [0, 0.05) is 10.6 Å². The molecule has 0 atom stereocenters. The average molecular weight is 480 g/mol. The number of carbonyl (C=O) groups is 2. The number of ether oxygens (including phenoxy) is 2. The van der Waals surface area contributed by atoms with E-state index in [4.69, 9.17) is 21.1 Å². The number of nitrogens with zero attached hydrogens (tertiary/aromatic N) is 1. The molecule has 3 rings (SSSR count). The lowest BCUT2D eigenvalue weighted by Gasteiger charge is -2.12. The molecule has 0 bridgehead atoms. The zero-order chi connectivity index (χ0) is 24.3. The molecule has 0 aromatic heterocycles. The molecule has 0 aliphatic carbocycles. The van der Waals surface area contributed by atoms with E-state index in [1.165, 1.54) is 6.21 Å². The number of aryl methyl sites for hydroxylation is 1. The van der Waals surface area contributed by atoms with Gasteiger partial charge in [-0.2, -0.15) is 5.10 Å². The molecule has 176 valence electrons. The second-order valence-electron chi connectivity index (χ2n) is 7.40. The van der Waals surface area contributed by atoms with E-state index in [2.05, 4.69) is 15.8 Å². The summed E-state index contributed by atoms with van der Waals surface area (Å²) >= 11 is 5.92. The summed E-state index contributed by atoms with van der Waals surface area (Å²) in [5, 5.41) is 7.18. The molecular formula is C26H26ClN3O4. The van der Waals surface area contributed by atoms with Crippen LogP contribution < -0.4 is 20.2 Å². The molecule has 0 fully saturated rings. The van der Waals surface area contributed by atoms with Crippen LogP contribution in [-0.4, -0.2) is 31.2 Å². The highest BCUT2D eigenvalue weighted by Crippen LogP contribution is 2.29. The van der Waals surface area contributed by atoms with E-state index in [0.717, 1.165) is 11.1 Å². The molecule has 8 heteroatoms. The molecule has 3 aromatic rings. The van der Waals surface area contributed by atoms with Crippen molar-refractivity contribution in [2.24, 2.45) is 5.10 Å². The fourth-order valence-corrected chi connectivity index (χ4v) is 3.05. The second kappa shape index (κ2) is 12.4. The summed E-state index contributed by atoms with van der Waals surface area (Å²) in [5.74, 6) is 0.397. The number of nitrogens with one attached hydrogen (secondary N) is 2. The van der Waals surface area contributed by atoms with Crippen molar-refractivity contribution in [3.8, 4) is 11.5 Å². The summed E-state index contributed by atoms with van der Waals surface area (Å²) in [7, 11) is 0. The first-order chi connectivity index (χ1) is 16.4. The summed E-state index contributed by atoms with van der Waals surface area (Å²) in [6, 6.07) is 19.9. The maximum absolute atomic E-state index is 12.1. The van der Waals surface area contributed by atoms with Gasteiger partial charge in [0.05, 0.1) is 19.4 Å². The van der Waals surface area contributed by atoms with Crippen molar-refractivity contribution < 1.29 is 19.1 Å². The third-order valence-corrected chi connectivity index (χ3v) is 4.95. The first kappa shape index (κ1) is 24.8. The molecule has 0 spiro atoms. The van der Waals surface area contributed by atoms with E-state index >= 15 is 0 Å². The molecule has 0 radical (unpaired) electrons. The van der Waals surface area contributed by atoms with Crippen LogP contribution in [0, 0.1) is 6.92 Å². The summed E-state index contributed by atoms with van der Waals surface area (Å²) in [6.07, 6.45) is 1.49. The lowest BCUT2D eigenvalue weighted by atomic mass is 10.1. The Balaban J connectivity index is 1.52. The van der Waals surface area contributed by atoms with E-state index in [0.29, 0.717) is 40.9 Å². The Kier molecular flexibility index (Phi) is 9.05. The van der Waals surface area contributed by atoms with E-state index in [1.54, 1.807) is 30.3 Å². The van der Waals surface area contributed by atoms with Crippen molar-refractivity contribution in [1.82, 2.24) is 10.7 Å². The number of hydrogen-bond donors (Lipinski definition) is 2. The van der Waals surface area contributed by atoms with Gasteiger partial charge in [0.15, 0.2) is 11.5 Å². The number of carbonyl (C=O) groups excluding carboxylic acids is 2. The summed E-state index contributed by atoms with van der Waals surface area (Å²) in [4.78, 5) is 24.1. The van der Waals surface area contributed by atoms with Crippen molar-refractivity contribution >= 4 is 29.6 Å². The number of hydrazone groups is 1. The molecule has 7 nitrogen and oxygen atoms in total. The smallest absolute Gasteiger partial charge is 0.259 e. The molecule has 0 heterocycles. The highest BCUT2D eigenvalue weighted by molar-refractivity contribution is 6.30. The van der Waals surface area contributed by atoms with Crippen molar-refractivity contribution in [2.45, 2.75) is 20.5 Å². The van der Waals surface area contributed by atoms with Gasteiger partial charge in [-0.1, -0.05) is 41.4 Å². The Bertz CT molecular complexity index is 1150. The van der Waals surface area contributed by atoms with Crippen LogP contribution >= 0.6 is 11.6 Å². The van der Waals surface area contributed by atoms with Gasteiger partial charge in [-0.05, 0) is 67.4 Å². The minimum Gasteiger partial charge on any atom is -0.490 e. The molecule has 2 N–H and O–H groups in total. The van der Waals surface area contributed by atoms with Crippen LogP contribution in [0.15, 0.2) is 71.8 Å². The molecule has 0 aliphatic rings. The van der Waals surface area contributed by atoms with Gasteiger partial charge in [-0.3, -0.25) is 9.59 Å². The molecule has 0 unspecified atom stereocenters. The van der Waals surface area contributed by atoms with Gasteiger partial charge >= 0.3 is 0 Å².